The Morgan fingerprint density at radius 3 is 2.38 bits per heavy atom. The number of carbonyl (C=O) groups excluding carboxylic acids is 1. The van der Waals surface area contributed by atoms with Crippen molar-refractivity contribution in [3.8, 4) is 0 Å². The van der Waals surface area contributed by atoms with E-state index in [1.165, 1.54) is 0 Å². The third-order valence-corrected chi connectivity index (χ3v) is 3.12. The first-order valence-corrected chi connectivity index (χ1v) is 7.24. The van der Waals surface area contributed by atoms with Crippen LogP contribution in [0.5, 0.6) is 0 Å². The summed E-state index contributed by atoms with van der Waals surface area (Å²) in [5, 5.41) is 14.4. The lowest BCUT2D eigenvalue weighted by Gasteiger charge is -2.18. The number of carboxylic acids is 1. The van der Waals surface area contributed by atoms with Crippen molar-refractivity contribution in [2.75, 3.05) is 6.54 Å². The number of aliphatic carboxylic acids is 1. The molecule has 0 saturated heterocycles. The molecule has 0 aliphatic rings. The predicted molar refractivity (Wildman–Crippen MR) is 81.9 cm³/mol. The van der Waals surface area contributed by atoms with Gasteiger partial charge in [0.1, 0.15) is 0 Å². The summed E-state index contributed by atoms with van der Waals surface area (Å²) in [6.45, 7) is 4.93. The van der Waals surface area contributed by atoms with E-state index in [1.807, 2.05) is 44.2 Å². The molecule has 3 N–H and O–H groups in total. The molecule has 0 fully saturated rings. The monoisotopic (exact) mass is 292 g/mol. The Bertz CT molecular complexity index is 446. The highest BCUT2D eigenvalue weighted by Gasteiger charge is 2.15. The molecule has 0 spiro atoms. The fraction of sp³-hybridized carbons (Fsp3) is 0.500. The summed E-state index contributed by atoms with van der Waals surface area (Å²) in [6, 6.07) is 9.36. The maximum Gasteiger partial charge on any atom is 0.315 e. The minimum absolute atomic E-state index is 0.0371. The average Bonchev–Trinajstić information content (AvgIpc) is 2.42. The molecule has 5 heteroatoms. The van der Waals surface area contributed by atoms with Gasteiger partial charge in [0, 0.05) is 19.5 Å². The summed E-state index contributed by atoms with van der Waals surface area (Å²) >= 11 is 0. The van der Waals surface area contributed by atoms with Crippen LogP contribution in [0, 0.1) is 11.8 Å². The van der Waals surface area contributed by atoms with Crippen molar-refractivity contribution in [3.05, 3.63) is 35.9 Å². The number of hydrogen-bond acceptors (Lipinski definition) is 2. The van der Waals surface area contributed by atoms with Gasteiger partial charge in [0.15, 0.2) is 0 Å². The second kappa shape index (κ2) is 9.00. The van der Waals surface area contributed by atoms with Gasteiger partial charge in [0.2, 0.25) is 0 Å². The molecule has 21 heavy (non-hydrogen) atoms. The summed E-state index contributed by atoms with van der Waals surface area (Å²) in [4.78, 5) is 22.5. The molecule has 0 aromatic heterocycles. The van der Waals surface area contributed by atoms with Gasteiger partial charge < -0.3 is 15.7 Å². The van der Waals surface area contributed by atoms with Crippen LogP contribution in [-0.4, -0.2) is 23.7 Å². The first-order chi connectivity index (χ1) is 9.97. The largest absolute Gasteiger partial charge is 0.481 e. The van der Waals surface area contributed by atoms with E-state index < -0.39 is 5.97 Å². The molecular formula is C16H24N2O3. The number of nitrogens with one attached hydrogen (secondary N) is 2. The van der Waals surface area contributed by atoms with Crippen LogP contribution in [-0.2, 0) is 11.3 Å². The Labute approximate surface area is 125 Å². The van der Waals surface area contributed by atoms with Crippen LogP contribution >= 0.6 is 0 Å². The highest BCUT2D eigenvalue weighted by atomic mass is 16.4. The van der Waals surface area contributed by atoms with E-state index in [0.29, 0.717) is 19.0 Å². The Balaban J connectivity index is 2.33. The lowest BCUT2D eigenvalue weighted by molar-refractivity contribution is -0.138. The van der Waals surface area contributed by atoms with E-state index in [2.05, 4.69) is 10.6 Å². The van der Waals surface area contributed by atoms with Gasteiger partial charge in [0.05, 0.1) is 0 Å². The van der Waals surface area contributed by atoms with Gasteiger partial charge in [0.25, 0.3) is 0 Å². The smallest absolute Gasteiger partial charge is 0.315 e. The molecule has 1 aromatic carbocycles. The molecule has 5 nitrogen and oxygen atoms in total. The summed E-state index contributed by atoms with van der Waals surface area (Å²) in [6.07, 6.45) is 0.864. The van der Waals surface area contributed by atoms with E-state index in [9.17, 15) is 9.59 Å². The van der Waals surface area contributed by atoms with E-state index in [4.69, 9.17) is 5.11 Å². The van der Waals surface area contributed by atoms with Gasteiger partial charge in [-0.15, -0.1) is 0 Å². The van der Waals surface area contributed by atoms with Crippen molar-refractivity contribution in [1.29, 1.82) is 0 Å². The zero-order chi connectivity index (χ0) is 15.7. The van der Waals surface area contributed by atoms with Gasteiger partial charge in [-0.1, -0.05) is 44.2 Å². The number of rotatable bonds is 8. The average molecular weight is 292 g/mol. The lowest BCUT2D eigenvalue weighted by atomic mass is 9.94. The molecule has 0 heterocycles. The van der Waals surface area contributed by atoms with Gasteiger partial charge in [-0.05, 0) is 23.8 Å². The third kappa shape index (κ3) is 7.97. The number of hydrogen-bond donors (Lipinski definition) is 3. The molecule has 0 bridgehead atoms. The Morgan fingerprint density at radius 2 is 1.81 bits per heavy atom. The molecular weight excluding hydrogens is 268 g/mol. The van der Waals surface area contributed by atoms with E-state index in [0.717, 1.165) is 12.0 Å². The SMILES string of the molecule is CC(C)CC(CNC(=O)NCc1ccccc1)CC(=O)O. The maximum absolute atomic E-state index is 11.7. The molecule has 1 unspecified atom stereocenters. The van der Waals surface area contributed by atoms with Crippen LogP contribution in [0.2, 0.25) is 0 Å². The number of benzene rings is 1. The molecule has 1 atom stereocenters. The van der Waals surface area contributed by atoms with Crippen molar-refractivity contribution in [1.82, 2.24) is 10.6 Å². The normalized spacial score (nSPS) is 12.0. The Kier molecular flexibility index (Phi) is 7.29. The topological polar surface area (TPSA) is 78.4 Å². The van der Waals surface area contributed by atoms with Crippen molar-refractivity contribution in [2.24, 2.45) is 11.8 Å². The number of carbonyl (C=O) groups is 2. The second-order valence-electron chi connectivity index (χ2n) is 5.64. The molecule has 2 amide bonds. The third-order valence-electron chi connectivity index (χ3n) is 3.12. The fourth-order valence-corrected chi connectivity index (χ4v) is 2.23. The highest BCUT2D eigenvalue weighted by Crippen LogP contribution is 2.14. The minimum Gasteiger partial charge on any atom is -0.481 e. The summed E-state index contributed by atoms with van der Waals surface area (Å²) in [5.74, 6) is -0.458. The number of urea groups is 1. The maximum atomic E-state index is 11.7. The van der Waals surface area contributed by atoms with Gasteiger partial charge >= 0.3 is 12.0 Å². The van der Waals surface area contributed by atoms with Crippen molar-refractivity contribution in [3.63, 3.8) is 0 Å². The Hall–Kier alpha value is -2.04. The zero-order valence-corrected chi connectivity index (χ0v) is 12.6. The quantitative estimate of drug-likeness (QED) is 0.689. The molecule has 116 valence electrons. The Morgan fingerprint density at radius 1 is 1.14 bits per heavy atom. The highest BCUT2D eigenvalue weighted by molar-refractivity contribution is 5.74. The van der Waals surface area contributed by atoms with E-state index in [-0.39, 0.29) is 18.4 Å². The molecule has 0 aliphatic carbocycles. The first kappa shape index (κ1) is 17.0. The van der Waals surface area contributed by atoms with Crippen LogP contribution in [0.4, 0.5) is 4.79 Å². The van der Waals surface area contributed by atoms with Crippen LogP contribution < -0.4 is 10.6 Å². The minimum atomic E-state index is -0.827. The predicted octanol–water partition coefficient (Wildman–Crippen LogP) is 2.62. The van der Waals surface area contributed by atoms with E-state index in [1.54, 1.807) is 0 Å². The molecule has 1 rings (SSSR count). The van der Waals surface area contributed by atoms with Crippen molar-refractivity contribution < 1.29 is 14.7 Å². The van der Waals surface area contributed by atoms with Crippen LogP contribution in [0.1, 0.15) is 32.3 Å². The summed E-state index contributed by atoms with van der Waals surface area (Å²) in [7, 11) is 0. The van der Waals surface area contributed by atoms with Gasteiger partial charge in [-0.3, -0.25) is 4.79 Å². The van der Waals surface area contributed by atoms with Crippen LogP contribution in [0.15, 0.2) is 30.3 Å². The van der Waals surface area contributed by atoms with Crippen molar-refractivity contribution >= 4 is 12.0 Å². The molecule has 0 saturated carbocycles. The fourth-order valence-electron chi connectivity index (χ4n) is 2.23. The second-order valence-corrected chi connectivity index (χ2v) is 5.64. The number of carboxylic acid groups (broad SMARTS) is 1. The zero-order valence-electron chi connectivity index (χ0n) is 12.6. The summed E-state index contributed by atoms with van der Waals surface area (Å²) in [5.41, 5.74) is 1.02. The molecule has 0 aliphatic heterocycles. The van der Waals surface area contributed by atoms with Crippen molar-refractivity contribution in [2.45, 2.75) is 33.2 Å². The van der Waals surface area contributed by atoms with Crippen LogP contribution in [0.25, 0.3) is 0 Å². The lowest BCUT2D eigenvalue weighted by Crippen LogP contribution is -2.38. The van der Waals surface area contributed by atoms with Crippen LogP contribution in [0.3, 0.4) is 0 Å². The number of amides is 2. The molecule has 0 radical (unpaired) electrons. The summed E-state index contributed by atoms with van der Waals surface area (Å²) < 4.78 is 0. The first-order valence-electron chi connectivity index (χ1n) is 7.24. The van der Waals surface area contributed by atoms with Gasteiger partial charge in [-0.2, -0.15) is 0 Å². The van der Waals surface area contributed by atoms with Gasteiger partial charge in [-0.25, -0.2) is 4.79 Å². The van der Waals surface area contributed by atoms with E-state index >= 15 is 0 Å². The molecule has 1 aromatic rings. The standard InChI is InChI=1S/C16H24N2O3/c1-12(2)8-14(9-15(19)20)11-18-16(21)17-10-13-6-4-3-5-7-13/h3-7,12,14H,8-11H2,1-2H3,(H,19,20)(H2,17,18,21).